The molecular weight excluding hydrogens is 432 g/mol. The van der Waals surface area contributed by atoms with E-state index in [1.807, 2.05) is 6.20 Å². The molecule has 2 aromatic carbocycles. The molecule has 1 saturated heterocycles. The van der Waals surface area contributed by atoms with E-state index in [-0.39, 0.29) is 30.0 Å². The molecule has 0 aliphatic carbocycles. The standard InChI is InChI=1S/C23H21F2N5OS/c24-18-9-7-15(8-10-18)20-14-30-22(27-20)32-23(28-30)29-11-3-5-17(13-29)21(31)26-12-16-4-1-2-6-19(16)25/h1-2,4,6-10,14,17H,3,5,11-13H2,(H,26,31)/t17-/m0/s1. The van der Waals surface area contributed by atoms with Crippen LogP contribution in [0.25, 0.3) is 16.2 Å². The second-order valence-electron chi connectivity index (χ2n) is 7.84. The van der Waals surface area contributed by atoms with E-state index >= 15 is 0 Å². The van der Waals surface area contributed by atoms with Crippen LogP contribution < -0.4 is 10.2 Å². The maximum absolute atomic E-state index is 13.8. The van der Waals surface area contributed by atoms with Gasteiger partial charge in [-0.25, -0.2) is 18.3 Å². The van der Waals surface area contributed by atoms with E-state index in [2.05, 4.69) is 20.3 Å². The summed E-state index contributed by atoms with van der Waals surface area (Å²) in [5.74, 6) is -0.851. The second kappa shape index (κ2) is 8.66. The minimum absolute atomic E-state index is 0.0714. The zero-order valence-corrected chi connectivity index (χ0v) is 18.0. The predicted molar refractivity (Wildman–Crippen MR) is 119 cm³/mol. The minimum Gasteiger partial charge on any atom is -0.352 e. The maximum Gasteiger partial charge on any atom is 0.225 e. The van der Waals surface area contributed by atoms with Gasteiger partial charge in [0.2, 0.25) is 16.0 Å². The Balaban J connectivity index is 1.25. The molecule has 0 bridgehead atoms. The molecule has 1 fully saturated rings. The number of carbonyl (C=O) groups excluding carboxylic acids is 1. The highest BCUT2D eigenvalue weighted by molar-refractivity contribution is 7.20. The van der Waals surface area contributed by atoms with E-state index in [0.717, 1.165) is 40.7 Å². The van der Waals surface area contributed by atoms with Crippen LogP contribution in [0.1, 0.15) is 18.4 Å². The third-order valence-corrected chi connectivity index (χ3v) is 6.63. The molecule has 3 heterocycles. The molecule has 1 N–H and O–H groups in total. The number of carbonyl (C=O) groups is 1. The first kappa shape index (κ1) is 20.6. The summed E-state index contributed by atoms with van der Waals surface area (Å²) in [6.07, 6.45) is 3.49. The van der Waals surface area contributed by atoms with Crippen LogP contribution in [0.3, 0.4) is 0 Å². The first-order chi connectivity index (χ1) is 15.6. The van der Waals surface area contributed by atoms with Crippen molar-refractivity contribution in [2.24, 2.45) is 5.92 Å². The number of aromatic nitrogens is 3. The van der Waals surface area contributed by atoms with E-state index < -0.39 is 0 Å². The van der Waals surface area contributed by atoms with Crippen molar-refractivity contribution in [1.82, 2.24) is 19.9 Å². The molecule has 2 aromatic heterocycles. The predicted octanol–water partition coefficient (Wildman–Crippen LogP) is 4.27. The molecule has 5 rings (SSSR count). The summed E-state index contributed by atoms with van der Waals surface area (Å²) >= 11 is 1.46. The van der Waals surface area contributed by atoms with Crippen molar-refractivity contribution in [3.63, 3.8) is 0 Å². The summed E-state index contributed by atoms with van der Waals surface area (Å²) < 4.78 is 28.7. The van der Waals surface area contributed by atoms with Crippen LogP contribution in [0, 0.1) is 17.6 Å². The van der Waals surface area contributed by atoms with Gasteiger partial charge in [0.05, 0.1) is 17.8 Å². The summed E-state index contributed by atoms with van der Waals surface area (Å²) in [6.45, 7) is 1.56. The first-order valence-electron chi connectivity index (χ1n) is 10.4. The lowest BCUT2D eigenvalue weighted by Crippen LogP contribution is -2.43. The van der Waals surface area contributed by atoms with Gasteiger partial charge in [0.25, 0.3) is 0 Å². The quantitative estimate of drug-likeness (QED) is 0.490. The molecule has 0 spiro atoms. The molecular formula is C23H21F2N5OS. The zero-order chi connectivity index (χ0) is 22.1. The minimum atomic E-state index is -0.316. The topological polar surface area (TPSA) is 62.5 Å². The number of nitrogens with zero attached hydrogens (tertiary/aromatic N) is 4. The molecule has 0 unspecified atom stereocenters. The number of anilines is 1. The van der Waals surface area contributed by atoms with Gasteiger partial charge in [-0.05, 0) is 43.2 Å². The molecule has 0 radical (unpaired) electrons. The maximum atomic E-state index is 13.8. The Hall–Kier alpha value is -3.33. The monoisotopic (exact) mass is 453 g/mol. The third kappa shape index (κ3) is 4.20. The molecule has 9 heteroatoms. The van der Waals surface area contributed by atoms with Crippen LogP contribution in [-0.4, -0.2) is 33.6 Å². The van der Waals surface area contributed by atoms with Crippen LogP contribution >= 0.6 is 11.3 Å². The lowest BCUT2D eigenvalue weighted by Gasteiger charge is -2.31. The molecule has 0 saturated carbocycles. The van der Waals surface area contributed by atoms with E-state index in [1.165, 1.54) is 29.5 Å². The third-order valence-electron chi connectivity index (χ3n) is 5.65. The van der Waals surface area contributed by atoms with Gasteiger partial charge in [-0.2, -0.15) is 0 Å². The average molecular weight is 454 g/mol. The smallest absolute Gasteiger partial charge is 0.225 e. The van der Waals surface area contributed by atoms with Crippen LogP contribution in [0.5, 0.6) is 0 Å². The van der Waals surface area contributed by atoms with Crippen LogP contribution in [0.4, 0.5) is 13.9 Å². The van der Waals surface area contributed by atoms with Gasteiger partial charge in [-0.1, -0.05) is 29.5 Å². The van der Waals surface area contributed by atoms with Crippen molar-refractivity contribution in [3.05, 3.63) is 71.9 Å². The van der Waals surface area contributed by atoms with Gasteiger partial charge in [-0.3, -0.25) is 4.79 Å². The van der Waals surface area contributed by atoms with Crippen molar-refractivity contribution < 1.29 is 13.6 Å². The zero-order valence-electron chi connectivity index (χ0n) is 17.2. The highest BCUT2D eigenvalue weighted by atomic mass is 32.1. The van der Waals surface area contributed by atoms with Crippen molar-refractivity contribution in [1.29, 1.82) is 0 Å². The number of piperidine rings is 1. The highest BCUT2D eigenvalue weighted by Gasteiger charge is 2.28. The van der Waals surface area contributed by atoms with Gasteiger partial charge in [0.15, 0.2) is 0 Å². The molecule has 1 atom stereocenters. The Morgan fingerprint density at radius 3 is 2.75 bits per heavy atom. The van der Waals surface area contributed by atoms with E-state index in [4.69, 9.17) is 0 Å². The van der Waals surface area contributed by atoms with Crippen LogP contribution in [0.15, 0.2) is 54.7 Å². The van der Waals surface area contributed by atoms with Crippen molar-refractivity contribution in [2.75, 3.05) is 18.0 Å². The van der Waals surface area contributed by atoms with Gasteiger partial charge in [0.1, 0.15) is 11.6 Å². The number of benzene rings is 2. The summed E-state index contributed by atoms with van der Waals surface area (Å²) in [7, 11) is 0. The summed E-state index contributed by atoms with van der Waals surface area (Å²) in [6, 6.07) is 12.7. The average Bonchev–Trinajstić information content (AvgIpc) is 3.39. The SMILES string of the molecule is O=C(NCc1ccccc1F)[C@H]1CCCN(c2nn3cc(-c4ccc(F)cc4)nc3s2)C1. The van der Waals surface area contributed by atoms with Gasteiger partial charge < -0.3 is 10.2 Å². The Morgan fingerprint density at radius 1 is 1.16 bits per heavy atom. The molecule has 1 aliphatic heterocycles. The summed E-state index contributed by atoms with van der Waals surface area (Å²) in [5.41, 5.74) is 2.04. The number of fused-ring (bicyclic) bond motifs is 1. The van der Waals surface area contributed by atoms with E-state index in [9.17, 15) is 13.6 Å². The fraction of sp³-hybridized carbons (Fsp3) is 0.261. The molecule has 32 heavy (non-hydrogen) atoms. The van der Waals surface area contributed by atoms with E-state index in [1.54, 1.807) is 34.8 Å². The summed E-state index contributed by atoms with van der Waals surface area (Å²) in [5, 5.41) is 8.32. The molecule has 164 valence electrons. The van der Waals surface area contributed by atoms with Crippen LogP contribution in [0.2, 0.25) is 0 Å². The lowest BCUT2D eigenvalue weighted by molar-refractivity contribution is -0.125. The number of halogens is 2. The molecule has 4 aromatic rings. The van der Waals surface area contributed by atoms with Gasteiger partial charge in [0, 0.05) is 30.8 Å². The fourth-order valence-electron chi connectivity index (χ4n) is 3.91. The number of nitrogens with one attached hydrogen (secondary N) is 1. The fourth-order valence-corrected chi connectivity index (χ4v) is 4.83. The molecule has 1 aliphatic rings. The lowest BCUT2D eigenvalue weighted by atomic mass is 9.97. The number of hydrogen-bond acceptors (Lipinski definition) is 5. The Kier molecular flexibility index (Phi) is 5.57. The highest BCUT2D eigenvalue weighted by Crippen LogP contribution is 2.30. The van der Waals surface area contributed by atoms with E-state index in [0.29, 0.717) is 12.1 Å². The van der Waals surface area contributed by atoms with Gasteiger partial charge in [-0.15, -0.1) is 5.10 Å². The number of amides is 1. The Labute approximate surface area is 187 Å². The molecule has 1 amide bonds. The second-order valence-corrected chi connectivity index (χ2v) is 8.77. The largest absolute Gasteiger partial charge is 0.352 e. The first-order valence-corrected chi connectivity index (χ1v) is 11.3. The van der Waals surface area contributed by atoms with Crippen molar-refractivity contribution in [2.45, 2.75) is 19.4 Å². The Morgan fingerprint density at radius 2 is 1.97 bits per heavy atom. The van der Waals surface area contributed by atoms with Gasteiger partial charge >= 0.3 is 0 Å². The molecule has 6 nitrogen and oxygen atoms in total. The Bertz CT molecular complexity index is 1220. The van der Waals surface area contributed by atoms with Crippen molar-refractivity contribution in [3.8, 4) is 11.3 Å². The summed E-state index contributed by atoms with van der Waals surface area (Å²) in [4.78, 5) is 20.1. The van der Waals surface area contributed by atoms with Crippen LogP contribution in [-0.2, 0) is 11.3 Å². The normalized spacial score (nSPS) is 16.4. The number of hydrogen-bond donors (Lipinski definition) is 1. The number of rotatable bonds is 5. The van der Waals surface area contributed by atoms with Crippen molar-refractivity contribution >= 4 is 27.3 Å². The number of imidazole rings is 1.